The minimum Gasteiger partial charge on any atom is -0.458 e. The van der Waals surface area contributed by atoms with Crippen molar-refractivity contribution in [3.8, 4) is 22.5 Å². The molecule has 2 aliphatic heterocycles. The Labute approximate surface area is 405 Å². The molecule has 3 aromatic carbocycles. The number of carbonyl (C=O) groups excluding carboxylic acids is 5. The van der Waals surface area contributed by atoms with E-state index in [1.165, 1.54) is 6.07 Å². The molecule has 7 N–H and O–H groups in total. The molecule has 18 heteroatoms. The predicted octanol–water partition coefficient (Wildman–Crippen LogP) is 6.15. The first-order valence-electron chi connectivity index (χ1n) is 23.7. The summed E-state index contributed by atoms with van der Waals surface area (Å²) in [6.07, 6.45) is 0.439. The highest BCUT2D eigenvalue weighted by Gasteiger charge is 2.35. The summed E-state index contributed by atoms with van der Waals surface area (Å²) in [6.45, 7) is 11.9. The summed E-state index contributed by atoms with van der Waals surface area (Å²) < 4.78 is 32.6. The molecule has 0 fully saturated rings. The average molecular weight is 964 g/mol. The molecule has 5 amide bonds. The molecule has 70 heavy (non-hydrogen) atoms. The first-order valence-corrected chi connectivity index (χ1v) is 23.7. The van der Waals surface area contributed by atoms with E-state index >= 15 is 0 Å². The standard InChI is InChI=1S/C46H46FN5O9.C4H10N2O.C2H6/c1-24(2)40(51-46(58)61-21-34-28-12-6-4-10-26(28)27-11-5-7-13-29(27)34)43(55)48-19-39(53)49-23-59-15-9-8-14-30-31-16-25(3)36(47)18-37(31)50-41-33(30)20-52-38(41)17-32-35(44(52)56)22-60-45(57)42(32)54;1-2-3-6-4(5)7;1-2/h4-7,10-13,16-18,24,34,40,42,54H,8-9,14-15,19-23H2,1-3H3,(H,48,55)(H,49,53)(H,51,58);2-3H2,1H3,(H3,5,6,7);1-2H3. The zero-order valence-electron chi connectivity index (χ0n) is 40.4. The van der Waals surface area contributed by atoms with Gasteiger partial charge in [0.1, 0.15) is 31.8 Å². The molecular formula is C52H62FN7O10. The van der Waals surface area contributed by atoms with E-state index in [2.05, 4.69) is 33.4 Å². The molecular weight excluding hydrogens is 902 g/mol. The fourth-order valence-electron chi connectivity index (χ4n) is 8.72. The number of aliphatic hydroxyl groups is 1. The first kappa shape index (κ1) is 52.2. The van der Waals surface area contributed by atoms with Crippen molar-refractivity contribution < 1.29 is 47.7 Å². The van der Waals surface area contributed by atoms with Gasteiger partial charge in [-0.15, -0.1) is 0 Å². The zero-order chi connectivity index (χ0) is 50.6. The number of aryl methyl sites for hydroxylation is 2. The number of nitrogens with two attached hydrogens (primary N) is 1. The monoisotopic (exact) mass is 963 g/mol. The van der Waals surface area contributed by atoms with E-state index in [-0.39, 0.29) is 61.6 Å². The first-order chi connectivity index (χ1) is 33.7. The third kappa shape index (κ3) is 11.8. The molecule has 5 aromatic rings. The molecule has 17 nitrogen and oxygen atoms in total. The van der Waals surface area contributed by atoms with E-state index in [1.54, 1.807) is 37.5 Å². The van der Waals surface area contributed by atoms with Gasteiger partial charge in [-0.25, -0.2) is 23.8 Å². The minimum absolute atomic E-state index is 0.0899. The van der Waals surface area contributed by atoms with Crippen LogP contribution in [0.1, 0.15) is 105 Å². The lowest BCUT2D eigenvalue weighted by Crippen LogP contribution is -2.51. The fourth-order valence-corrected chi connectivity index (χ4v) is 8.72. The van der Waals surface area contributed by atoms with Crippen LogP contribution in [0.2, 0.25) is 0 Å². The number of pyridine rings is 2. The molecule has 4 heterocycles. The Morgan fingerprint density at radius 1 is 0.943 bits per heavy atom. The van der Waals surface area contributed by atoms with Crippen molar-refractivity contribution >= 4 is 40.8 Å². The Balaban J connectivity index is 0.000000821. The third-order valence-electron chi connectivity index (χ3n) is 12.2. The number of nitrogens with one attached hydrogen (secondary N) is 4. The number of cyclic esters (lactones) is 1. The normalized spacial score (nSPS) is 14.2. The largest absolute Gasteiger partial charge is 0.458 e. The van der Waals surface area contributed by atoms with Crippen LogP contribution in [0.15, 0.2) is 71.5 Å². The second-order valence-corrected chi connectivity index (χ2v) is 17.2. The number of unbranched alkanes of at least 4 members (excludes halogenated alkanes) is 1. The van der Waals surface area contributed by atoms with Crippen LogP contribution in [0.3, 0.4) is 0 Å². The van der Waals surface area contributed by atoms with Gasteiger partial charge < -0.3 is 50.9 Å². The highest BCUT2D eigenvalue weighted by molar-refractivity contribution is 5.90. The van der Waals surface area contributed by atoms with Gasteiger partial charge in [-0.1, -0.05) is 83.1 Å². The van der Waals surface area contributed by atoms with E-state index in [0.717, 1.165) is 45.2 Å². The molecule has 1 aliphatic carbocycles. The van der Waals surface area contributed by atoms with E-state index in [0.29, 0.717) is 54.9 Å². The van der Waals surface area contributed by atoms with Crippen molar-refractivity contribution in [3.05, 3.63) is 122 Å². The second-order valence-electron chi connectivity index (χ2n) is 17.2. The summed E-state index contributed by atoms with van der Waals surface area (Å²) >= 11 is 0. The van der Waals surface area contributed by atoms with Crippen molar-refractivity contribution in [1.82, 2.24) is 30.8 Å². The molecule has 3 aliphatic rings. The van der Waals surface area contributed by atoms with Crippen LogP contribution in [-0.4, -0.2) is 83.6 Å². The van der Waals surface area contributed by atoms with Crippen LogP contribution < -0.4 is 32.6 Å². The van der Waals surface area contributed by atoms with Crippen LogP contribution in [-0.2, 0) is 48.2 Å². The predicted molar refractivity (Wildman–Crippen MR) is 261 cm³/mol. The Bertz CT molecular complexity index is 2770. The van der Waals surface area contributed by atoms with Gasteiger partial charge in [0.15, 0.2) is 6.10 Å². The van der Waals surface area contributed by atoms with Crippen molar-refractivity contribution in [1.29, 1.82) is 0 Å². The maximum Gasteiger partial charge on any atom is 0.407 e. The molecule has 372 valence electrons. The number of amides is 5. The maximum absolute atomic E-state index is 14.8. The van der Waals surface area contributed by atoms with Crippen LogP contribution in [0, 0.1) is 18.7 Å². The lowest BCUT2D eigenvalue weighted by atomic mass is 9.94. The van der Waals surface area contributed by atoms with Crippen LogP contribution in [0.5, 0.6) is 0 Å². The molecule has 8 rings (SSSR count). The molecule has 2 unspecified atom stereocenters. The van der Waals surface area contributed by atoms with E-state index in [1.807, 2.05) is 57.2 Å². The van der Waals surface area contributed by atoms with Gasteiger partial charge in [-0.2, -0.15) is 0 Å². The van der Waals surface area contributed by atoms with Crippen LogP contribution in [0.4, 0.5) is 14.0 Å². The number of rotatable bonds is 16. The van der Waals surface area contributed by atoms with Crippen molar-refractivity contribution in [3.63, 3.8) is 0 Å². The van der Waals surface area contributed by atoms with Crippen LogP contribution >= 0.6 is 0 Å². The number of halogens is 1. The van der Waals surface area contributed by atoms with Gasteiger partial charge in [0.05, 0.1) is 35.6 Å². The summed E-state index contributed by atoms with van der Waals surface area (Å²) in [5, 5.41) is 21.6. The number of ether oxygens (including phenoxy) is 3. The Morgan fingerprint density at radius 2 is 1.63 bits per heavy atom. The number of aliphatic hydroxyl groups excluding tert-OH is 1. The van der Waals surface area contributed by atoms with Gasteiger partial charge in [-0.3, -0.25) is 14.4 Å². The molecule has 2 atom stereocenters. The summed E-state index contributed by atoms with van der Waals surface area (Å²) in [6, 6.07) is 19.4. The van der Waals surface area contributed by atoms with E-state index in [4.69, 9.17) is 24.9 Å². The lowest BCUT2D eigenvalue weighted by molar-refractivity contribution is -0.157. The molecule has 0 saturated carbocycles. The number of alkyl carbamates (subject to hydrolysis) is 1. The quantitative estimate of drug-likeness (QED) is 0.0365. The van der Waals surface area contributed by atoms with Crippen molar-refractivity contribution in [2.45, 2.75) is 98.4 Å². The molecule has 0 spiro atoms. The Morgan fingerprint density at radius 3 is 2.27 bits per heavy atom. The van der Waals surface area contributed by atoms with Crippen molar-refractivity contribution in [2.75, 3.05) is 33.0 Å². The van der Waals surface area contributed by atoms with Crippen LogP contribution in [0.25, 0.3) is 33.4 Å². The number of urea groups is 1. The van der Waals surface area contributed by atoms with Gasteiger partial charge in [-0.05, 0) is 84.0 Å². The van der Waals surface area contributed by atoms with Gasteiger partial charge in [0.2, 0.25) is 11.8 Å². The number of aromatic nitrogens is 2. The maximum atomic E-state index is 14.8. The zero-order valence-corrected chi connectivity index (χ0v) is 40.4. The number of hydrogen-bond acceptors (Lipinski definition) is 11. The number of nitrogens with zero attached hydrogens (tertiary/aromatic N) is 2. The van der Waals surface area contributed by atoms with Gasteiger partial charge in [0, 0.05) is 41.6 Å². The number of fused-ring (bicyclic) bond motifs is 8. The fraction of sp³-hybridized carbons (Fsp3) is 0.404. The molecule has 0 saturated heterocycles. The number of hydrogen-bond donors (Lipinski definition) is 6. The van der Waals surface area contributed by atoms with E-state index in [9.17, 15) is 38.3 Å². The number of esters is 1. The molecule has 2 aromatic heterocycles. The van der Waals surface area contributed by atoms with Gasteiger partial charge in [0.25, 0.3) is 5.56 Å². The highest BCUT2D eigenvalue weighted by atomic mass is 19.1. The smallest absolute Gasteiger partial charge is 0.407 e. The molecule has 0 radical (unpaired) electrons. The average Bonchev–Trinajstić information content (AvgIpc) is 3.88. The Hall–Kier alpha value is -7.18. The number of carbonyl (C=O) groups is 5. The SMILES string of the molecule is CC.CCCNC(N)=O.Cc1cc2c(CCCCOCNC(=O)CNC(=O)C(NC(=O)OCC3c4ccccc4-c4ccccc43)C(C)C)c3c(nc2cc1F)-c1cc2c(c(=O)n1C3)COC(=O)C2O. The number of primary amides is 1. The summed E-state index contributed by atoms with van der Waals surface area (Å²) in [5.74, 6) is -2.66. The summed E-state index contributed by atoms with van der Waals surface area (Å²) in [5.41, 5.74) is 12.7. The third-order valence-corrected chi connectivity index (χ3v) is 12.2. The summed E-state index contributed by atoms with van der Waals surface area (Å²) in [7, 11) is 0. The topological polar surface area (TPSA) is 242 Å². The Kier molecular flexibility index (Phi) is 17.8. The van der Waals surface area contributed by atoms with E-state index < -0.39 is 47.9 Å². The van der Waals surface area contributed by atoms with Gasteiger partial charge >= 0.3 is 18.1 Å². The second kappa shape index (κ2) is 23.9. The highest BCUT2D eigenvalue weighted by Crippen LogP contribution is 2.44. The lowest BCUT2D eigenvalue weighted by Gasteiger charge is -2.22. The van der Waals surface area contributed by atoms with Crippen molar-refractivity contribution in [2.24, 2.45) is 11.7 Å². The number of benzene rings is 3. The summed E-state index contributed by atoms with van der Waals surface area (Å²) in [4.78, 5) is 78.8. The minimum atomic E-state index is -1.58. The molecule has 0 bridgehead atoms.